The van der Waals surface area contributed by atoms with E-state index in [2.05, 4.69) is 65.8 Å². The molecule has 3 amide bonds. The van der Waals surface area contributed by atoms with Crippen LogP contribution in [0.2, 0.25) is 0 Å². The Bertz CT molecular complexity index is 1870. The molecule has 0 bridgehead atoms. The van der Waals surface area contributed by atoms with Crippen LogP contribution < -0.4 is 11.0 Å². The van der Waals surface area contributed by atoms with Gasteiger partial charge < -0.3 is 4.90 Å². The molecular weight excluding hydrogens is 736 g/mol. The number of nitrogens with zero attached hydrogens (tertiary/aromatic N) is 4. The van der Waals surface area contributed by atoms with Crippen LogP contribution in [0.3, 0.4) is 0 Å². The number of benzene rings is 4. The fourth-order valence-electron chi connectivity index (χ4n) is 8.06. The largest absolute Gasteiger partial charge is 0.334 e. The summed E-state index contributed by atoms with van der Waals surface area (Å²) < 4.78 is 13.4. The first-order chi connectivity index (χ1) is 27.9. The van der Waals surface area contributed by atoms with Crippen molar-refractivity contribution < 1.29 is 29.2 Å². The van der Waals surface area contributed by atoms with Crippen molar-refractivity contribution in [1.82, 2.24) is 30.6 Å². The Morgan fingerprint density at radius 3 is 1.67 bits per heavy atom. The second kappa shape index (κ2) is 22.2. The first-order valence-electron chi connectivity index (χ1n) is 20.3. The lowest BCUT2D eigenvalue weighted by molar-refractivity contribution is -0.138. The van der Waals surface area contributed by atoms with E-state index in [1.807, 2.05) is 56.9 Å². The number of hydroxylamine groups is 2. The molecule has 0 aromatic heterocycles. The van der Waals surface area contributed by atoms with Gasteiger partial charge >= 0.3 is 0 Å². The van der Waals surface area contributed by atoms with E-state index < -0.39 is 11.8 Å². The Hall–Kier alpha value is -4.98. The summed E-state index contributed by atoms with van der Waals surface area (Å²) in [6, 6.07) is 32.7. The van der Waals surface area contributed by atoms with Gasteiger partial charge in [0, 0.05) is 80.6 Å². The fourth-order valence-corrected chi connectivity index (χ4v) is 8.06. The topological polar surface area (TPSA) is 129 Å². The Labute approximate surface area is 343 Å². The molecule has 0 saturated carbocycles. The highest BCUT2D eigenvalue weighted by atomic mass is 19.1. The molecule has 0 radical (unpaired) electrons. The van der Waals surface area contributed by atoms with Crippen molar-refractivity contribution in [1.29, 1.82) is 0 Å². The molecule has 2 aliphatic heterocycles. The van der Waals surface area contributed by atoms with Crippen LogP contribution in [0.1, 0.15) is 97.5 Å². The fraction of sp³-hybridized carbons (Fsp3) is 0.413. The molecule has 2 saturated heterocycles. The predicted molar refractivity (Wildman–Crippen MR) is 225 cm³/mol. The highest BCUT2D eigenvalue weighted by molar-refractivity contribution is 5.93. The van der Waals surface area contributed by atoms with Gasteiger partial charge in [0.25, 0.3) is 11.8 Å². The van der Waals surface area contributed by atoms with Gasteiger partial charge in [0.15, 0.2) is 0 Å². The number of halogens is 1. The van der Waals surface area contributed by atoms with E-state index in [0.717, 1.165) is 38.3 Å². The zero-order valence-corrected chi connectivity index (χ0v) is 34.9. The van der Waals surface area contributed by atoms with Crippen molar-refractivity contribution in [3.05, 3.63) is 142 Å². The first kappa shape index (κ1) is 45.7. The van der Waals surface area contributed by atoms with Gasteiger partial charge in [-0.25, -0.2) is 15.4 Å². The van der Waals surface area contributed by atoms with Gasteiger partial charge in [-0.15, -0.1) is 0 Å². The summed E-state index contributed by atoms with van der Waals surface area (Å²) in [6.45, 7) is 20.1. The molecule has 312 valence electrons. The van der Waals surface area contributed by atoms with Crippen LogP contribution in [0.15, 0.2) is 103 Å². The lowest BCUT2D eigenvalue weighted by Crippen LogP contribution is -2.58. The van der Waals surface area contributed by atoms with Crippen LogP contribution in [-0.2, 0) is 24.3 Å². The van der Waals surface area contributed by atoms with Gasteiger partial charge in [-0.1, -0.05) is 80.6 Å². The lowest BCUT2D eigenvalue weighted by atomic mass is 10.00. The van der Waals surface area contributed by atoms with Crippen LogP contribution in [0, 0.1) is 5.82 Å². The maximum atomic E-state index is 13.4. The normalized spacial score (nSPS) is 20.4. The van der Waals surface area contributed by atoms with E-state index in [4.69, 9.17) is 10.4 Å². The van der Waals surface area contributed by atoms with E-state index in [-0.39, 0.29) is 36.3 Å². The molecule has 58 heavy (non-hydrogen) atoms. The van der Waals surface area contributed by atoms with Crippen molar-refractivity contribution >= 4 is 17.7 Å². The lowest BCUT2D eigenvalue weighted by Gasteiger charge is -2.46. The average molecular weight is 797 g/mol. The monoisotopic (exact) mass is 796 g/mol. The highest BCUT2D eigenvalue weighted by Gasteiger charge is 2.33. The number of rotatable bonds is 10. The Morgan fingerprint density at radius 1 is 0.655 bits per heavy atom. The molecule has 2 heterocycles. The molecule has 4 aromatic carbocycles. The van der Waals surface area contributed by atoms with Crippen molar-refractivity contribution in [3.63, 3.8) is 0 Å². The second-order valence-corrected chi connectivity index (χ2v) is 15.2. The van der Waals surface area contributed by atoms with Gasteiger partial charge in [-0.3, -0.25) is 39.5 Å². The van der Waals surface area contributed by atoms with Gasteiger partial charge in [0.05, 0.1) is 6.42 Å². The summed E-state index contributed by atoms with van der Waals surface area (Å²) >= 11 is 0. The van der Waals surface area contributed by atoms with Gasteiger partial charge in [-0.2, -0.15) is 0 Å². The van der Waals surface area contributed by atoms with Crippen LogP contribution in [0.5, 0.6) is 0 Å². The number of nitrogens with one attached hydrogen (secondary N) is 2. The number of carbonyl (C=O) groups excluding carboxylic acids is 3. The van der Waals surface area contributed by atoms with Gasteiger partial charge in [-0.05, 0) is 93.3 Å². The first-order valence-corrected chi connectivity index (χ1v) is 20.3. The third kappa shape index (κ3) is 12.5. The third-order valence-corrected chi connectivity index (χ3v) is 10.9. The second-order valence-electron chi connectivity index (χ2n) is 15.2. The molecule has 2 fully saturated rings. The van der Waals surface area contributed by atoms with E-state index in [1.165, 1.54) is 23.3 Å². The van der Waals surface area contributed by atoms with E-state index in [0.29, 0.717) is 35.3 Å². The molecule has 3 unspecified atom stereocenters. The predicted octanol–water partition coefficient (Wildman–Crippen LogP) is 7.10. The molecule has 11 nitrogen and oxygen atoms in total. The minimum absolute atomic E-state index is 0.00891. The zero-order chi connectivity index (χ0) is 42.4. The van der Waals surface area contributed by atoms with Gasteiger partial charge in [0.2, 0.25) is 5.91 Å². The maximum absolute atomic E-state index is 13.4. The highest BCUT2D eigenvalue weighted by Crippen LogP contribution is 2.27. The number of amides is 3. The summed E-state index contributed by atoms with van der Waals surface area (Å²) in [5, 5.41) is 17.4. The summed E-state index contributed by atoms with van der Waals surface area (Å²) in [7, 11) is 0. The minimum Gasteiger partial charge on any atom is -0.334 e. The van der Waals surface area contributed by atoms with E-state index in [1.54, 1.807) is 47.4 Å². The number of hydrogen-bond acceptors (Lipinski definition) is 8. The van der Waals surface area contributed by atoms with Crippen molar-refractivity contribution in [3.8, 4) is 0 Å². The summed E-state index contributed by atoms with van der Waals surface area (Å²) in [5.74, 6) is -1.34. The Morgan fingerprint density at radius 2 is 1.16 bits per heavy atom. The van der Waals surface area contributed by atoms with Crippen LogP contribution in [0.25, 0.3) is 0 Å². The molecule has 4 N–H and O–H groups in total. The van der Waals surface area contributed by atoms with E-state index in [9.17, 15) is 18.8 Å². The van der Waals surface area contributed by atoms with Gasteiger partial charge in [0.1, 0.15) is 5.82 Å². The molecule has 6 rings (SSSR count). The number of piperazine rings is 2. The van der Waals surface area contributed by atoms with Crippen molar-refractivity contribution in [2.75, 3.05) is 26.2 Å². The molecule has 4 aromatic rings. The maximum Gasteiger partial charge on any atom is 0.274 e. The molecule has 0 spiro atoms. The van der Waals surface area contributed by atoms with E-state index >= 15 is 0 Å². The molecular formula is C46H61FN6O5. The quantitative estimate of drug-likeness (QED) is 0.0990. The van der Waals surface area contributed by atoms with Crippen LogP contribution in [-0.4, -0.2) is 98.1 Å². The van der Waals surface area contributed by atoms with Crippen molar-refractivity contribution in [2.24, 2.45) is 0 Å². The minimum atomic E-state index is -0.538. The summed E-state index contributed by atoms with van der Waals surface area (Å²) in [5.41, 5.74) is 8.43. The number of hydrogen-bond donors (Lipinski definition) is 4. The zero-order valence-electron chi connectivity index (χ0n) is 34.9. The molecule has 5 atom stereocenters. The standard InChI is InChI=1S/C22H26FN3O3.C22H29N3O2.C2H6/c1-15-12-25(14-17-6-8-19(9-7-17)22(28)24-29)13-16(2)26(15)21(27)11-18-4-3-5-20(23)10-18;1-16-13-24(14-17(2)25(16)15-19-7-5-4-6-8-19)18(3)20-9-11-21(12-10-20)22(26)23-27;1-2/h3-10,15-16,29H,11-14H2,1-2H3,(H,24,28);4-12,16-18,27H,13-15H2,1-3H3,(H,23,26);1-2H3/t;16-,17+,18?;. The average Bonchev–Trinajstić information content (AvgIpc) is 3.22. The Balaban J connectivity index is 0.000000247. The SMILES string of the molecule is CC.CC(c1ccc(C(=O)NO)cc1)N1C[C@@H](C)N(Cc2ccccc2)[C@@H](C)C1.CC1CN(Cc2ccc(C(=O)NO)cc2)CC(C)N1C(=O)Cc1cccc(F)c1. The van der Waals surface area contributed by atoms with Crippen LogP contribution in [0.4, 0.5) is 4.39 Å². The summed E-state index contributed by atoms with van der Waals surface area (Å²) in [4.78, 5) is 45.0. The Kier molecular flexibility index (Phi) is 17.5. The summed E-state index contributed by atoms with van der Waals surface area (Å²) in [6.07, 6.45) is 0.195. The van der Waals surface area contributed by atoms with Crippen LogP contribution >= 0.6 is 0 Å². The number of carbonyl (C=O) groups is 3. The molecule has 12 heteroatoms. The smallest absolute Gasteiger partial charge is 0.274 e. The molecule has 0 aliphatic carbocycles. The third-order valence-electron chi connectivity index (χ3n) is 10.9. The molecule has 2 aliphatic rings. The van der Waals surface area contributed by atoms with Crippen molar-refractivity contribution in [2.45, 2.75) is 98.2 Å².